The van der Waals surface area contributed by atoms with Crippen LogP contribution >= 0.6 is 24.0 Å². The Morgan fingerprint density at radius 1 is 0.968 bits per heavy atom. The molecule has 166 valence electrons. The van der Waals surface area contributed by atoms with E-state index in [1.807, 2.05) is 47.3 Å². The molecule has 2 N–H and O–H groups in total. The monoisotopic (exact) mass is 535 g/mol. The Morgan fingerprint density at radius 3 is 2.45 bits per heavy atom. The van der Waals surface area contributed by atoms with E-state index in [-0.39, 0.29) is 24.0 Å². The molecule has 1 heterocycles. The van der Waals surface area contributed by atoms with Gasteiger partial charge >= 0.3 is 0 Å². The van der Waals surface area contributed by atoms with Crippen LogP contribution in [0.3, 0.4) is 0 Å². The van der Waals surface area contributed by atoms with Gasteiger partial charge in [0.1, 0.15) is 0 Å². The topological polar surface area (TPSA) is 72.7 Å². The number of ether oxygens (including phenoxy) is 2. The first-order valence-corrected chi connectivity index (χ1v) is 9.92. The summed E-state index contributed by atoms with van der Waals surface area (Å²) in [4.78, 5) is 4.29. The Bertz CT molecular complexity index is 960. The summed E-state index contributed by atoms with van der Waals surface area (Å²) in [6.45, 7) is 2.17. The van der Waals surface area contributed by atoms with Crippen LogP contribution in [-0.4, -0.2) is 43.6 Å². The average Bonchev–Trinajstić information content (AvgIpc) is 3.23. The maximum absolute atomic E-state index is 5.36. The molecule has 3 aromatic rings. The van der Waals surface area contributed by atoms with E-state index in [1.165, 1.54) is 5.56 Å². The number of halogens is 1. The second kappa shape index (κ2) is 12.8. The summed E-state index contributed by atoms with van der Waals surface area (Å²) in [7, 11) is 5.05. The molecule has 0 unspecified atom stereocenters. The molecule has 0 saturated heterocycles. The van der Waals surface area contributed by atoms with Crippen molar-refractivity contribution >= 4 is 29.9 Å². The van der Waals surface area contributed by atoms with Crippen molar-refractivity contribution in [1.29, 1.82) is 0 Å². The normalized spacial score (nSPS) is 10.9. The van der Waals surface area contributed by atoms with E-state index < -0.39 is 0 Å². The van der Waals surface area contributed by atoms with Crippen molar-refractivity contribution in [2.45, 2.75) is 19.5 Å². The number of nitrogens with zero attached hydrogens (tertiary/aromatic N) is 3. The van der Waals surface area contributed by atoms with Crippen molar-refractivity contribution in [2.75, 3.05) is 27.8 Å². The van der Waals surface area contributed by atoms with Crippen molar-refractivity contribution in [3.05, 3.63) is 77.6 Å². The minimum atomic E-state index is 0. The predicted octanol–water partition coefficient (Wildman–Crippen LogP) is 3.47. The number of benzene rings is 2. The van der Waals surface area contributed by atoms with Crippen LogP contribution in [0.5, 0.6) is 11.5 Å². The molecule has 0 aliphatic rings. The van der Waals surface area contributed by atoms with Gasteiger partial charge in [0.2, 0.25) is 0 Å². The molecule has 0 spiro atoms. The van der Waals surface area contributed by atoms with Crippen LogP contribution in [0.2, 0.25) is 0 Å². The Labute approximate surface area is 200 Å². The summed E-state index contributed by atoms with van der Waals surface area (Å²) in [6.07, 6.45) is 4.78. The number of aromatic nitrogens is 2. The van der Waals surface area contributed by atoms with Gasteiger partial charge in [0.25, 0.3) is 0 Å². The molecule has 0 atom stereocenters. The molecule has 0 aliphatic carbocycles. The van der Waals surface area contributed by atoms with Gasteiger partial charge in [-0.25, -0.2) is 0 Å². The molecule has 7 nitrogen and oxygen atoms in total. The Morgan fingerprint density at radius 2 is 1.74 bits per heavy atom. The third-order valence-corrected chi connectivity index (χ3v) is 4.71. The quantitative estimate of drug-likeness (QED) is 0.250. The number of rotatable bonds is 9. The molecule has 0 radical (unpaired) electrons. The lowest BCUT2D eigenvalue weighted by Crippen LogP contribution is -2.37. The summed E-state index contributed by atoms with van der Waals surface area (Å²) in [5, 5.41) is 11.1. The molecule has 2 aromatic carbocycles. The lowest BCUT2D eigenvalue weighted by molar-refractivity contribution is 0.354. The van der Waals surface area contributed by atoms with Gasteiger partial charge in [-0.2, -0.15) is 5.10 Å². The predicted molar refractivity (Wildman–Crippen MR) is 135 cm³/mol. The number of methoxy groups -OCH3 is 2. The van der Waals surface area contributed by atoms with Gasteiger partial charge < -0.3 is 20.1 Å². The molecule has 0 bridgehead atoms. The summed E-state index contributed by atoms with van der Waals surface area (Å²) >= 11 is 0. The molecule has 0 saturated carbocycles. The van der Waals surface area contributed by atoms with Gasteiger partial charge in [-0.3, -0.25) is 9.67 Å². The van der Waals surface area contributed by atoms with E-state index in [0.29, 0.717) is 6.54 Å². The van der Waals surface area contributed by atoms with Crippen LogP contribution in [-0.2, 0) is 19.5 Å². The second-order valence-electron chi connectivity index (χ2n) is 6.82. The first-order valence-electron chi connectivity index (χ1n) is 9.92. The molecule has 8 heteroatoms. The number of guanidine groups is 1. The van der Waals surface area contributed by atoms with Crippen LogP contribution in [0.1, 0.15) is 16.7 Å². The van der Waals surface area contributed by atoms with E-state index in [9.17, 15) is 0 Å². The minimum absolute atomic E-state index is 0. The summed E-state index contributed by atoms with van der Waals surface area (Å²) in [5.74, 6) is 2.23. The van der Waals surface area contributed by atoms with Gasteiger partial charge in [-0.05, 0) is 29.7 Å². The van der Waals surface area contributed by atoms with E-state index >= 15 is 0 Å². The lowest BCUT2D eigenvalue weighted by Gasteiger charge is -2.12. The number of aliphatic imine (C=N–C) groups is 1. The summed E-state index contributed by atoms with van der Waals surface area (Å²) in [6, 6.07) is 16.3. The average molecular weight is 535 g/mol. The van der Waals surface area contributed by atoms with Crippen LogP contribution in [0.4, 0.5) is 0 Å². The molecule has 0 amide bonds. The zero-order valence-corrected chi connectivity index (χ0v) is 20.5. The highest BCUT2D eigenvalue weighted by Gasteiger charge is 2.06. The fraction of sp³-hybridized carbons (Fsp3) is 0.304. The molecule has 0 aliphatic heterocycles. The maximum Gasteiger partial charge on any atom is 0.191 e. The van der Waals surface area contributed by atoms with Crippen LogP contribution in [0, 0.1) is 0 Å². The largest absolute Gasteiger partial charge is 0.493 e. The molecule has 3 rings (SSSR count). The van der Waals surface area contributed by atoms with Gasteiger partial charge in [0.15, 0.2) is 17.5 Å². The van der Waals surface area contributed by atoms with Gasteiger partial charge in [-0.15, -0.1) is 24.0 Å². The first kappa shape index (κ1) is 24.5. The third kappa shape index (κ3) is 7.46. The van der Waals surface area contributed by atoms with Gasteiger partial charge in [0, 0.05) is 31.9 Å². The van der Waals surface area contributed by atoms with E-state index in [2.05, 4.69) is 39.1 Å². The zero-order valence-electron chi connectivity index (χ0n) is 18.2. The number of hydrogen-bond donors (Lipinski definition) is 2. The van der Waals surface area contributed by atoms with E-state index in [4.69, 9.17) is 9.47 Å². The third-order valence-electron chi connectivity index (χ3n) is 4.71. The van der Waals surface area contributed by atoms with Crippen molar-refractivity contribution in [3.63, 3.8) is 0 Å². The summed E-state index contributed by atoms with van der Waals surface area (Å²) in [5.41, 5.74) is 3.50. The highest BCUT2D eigenvalue weighted by atomic mass is 127. The van der Waals surface area contributed by atoms with Gasteiger partial charge in [-0.1, -0.05) is 36.4 Å². The minimum Gasteiger partial charge on any atom is -0.493 e. The van der Waals surface area contributed by atoms with E-state index in [0.717, 1.165) is 48.1 Å². The van der Waals surface area contributed by atoms with E-state index in [1.54, 1.807) is 21.3 Å². The Balaban J connectivity index is 0.00000341. The SMILES string of the molecule is CN=C(NCCc1ccc(OC)c(OC)c1)NCc1cnn(Cc2ccccc2)c1.I. The molecule has 0 fully saturated rings. The number of nitrogens with one attached hydrogen (secondary N) is 2. The van der Waals surface area contributed by atoms with Crippen molar-refractivity contribution in [2.24, 2.45) is 4.99 Å². The maximum atomic E-state index is 5.36. The Hall–Kier alpha value is -2.75. The fourth-order valence-electron chi connectivity index (χ4n) is 3.12. The van der Waals surface area contributed by atoms with Crippen molar-refractivity contribution in [3.8, 4) is 11.5 Å². The van der Waals surface area contributed by atoms with Crippen molar-refractivity contribution < 1.29 is 9.47 Å². The first-order chi connectivity index (χ1) is 14.7. The zero-order chi connectivity index (χ0) is 21.2. The smallest absolute Gasteiger partial charge is 0.191 e. The second-order valence-corrected chi connectivity index (χ2v) is 6.82. The lowest BCUT2D eigenvalue weighted by atomic mass is 10.1. The highest BCUT2D eigenvalue weighted by molar-refractivity contribution is 14.0. The van der Waals surface area contributed by atoms with Gasteiger partial charge in [0.05, 0.1) is 27.0 Å². The van der Waals surface area contributed by atoms with Crippen LogP contribution in [0.15, 0.2) is 65.9 Å². The molecule has 1 aromatic heterocycles. The van der Waals surface area contributed by atoms with Crippen LogP contribution < -0.4 is 20.1 Å². The standard InChI is InChI=1S/C23H29N5O2.HI/c1-24-23(25-12-11-18-9-10-21(29-2)22(13-18)30-3)26-14-20-15-27-28(17-20)16-19-7-5-4-6-8-19;/h4-10,13,15,17H,11-12,14,16H2,1-3H3,(H2,24,25,26);1H. The molecular formula is C23H30IN5O2. The number of hydrogen-bond acceptors (Lipinski definition) is 4. The molecular weight excluding hydrogens is 505 g/mol. The summed E-state index contributed by atoms with van der Waals surface area (Å²) < 4.78 is 12.6. The van der Waals surface area contributed by atoms with Crippen molar-refractivity contribution in [1.82, 2.24) is 20.4 Å². The Kier molecular flexibility index (Phi) is 10.2. The highest BCUT2D eigenvalue weighted by Crippen LogP contribution is 2.27. The molecule has 31 heavy (non-hydrogen) atoms. The fourth-order valence-corrected chi connectivity index (χ4v) is 3.12. The van der Waals surface area contributed by atoms with Crippen LogP contribution in [0.25, 0.3) is 0 Å².